The van der Waals surface area contributed by atoms with Gasteiger partial charge in [0.25, 0.3) is 0 Å². The molecule has 0 unspecified atom stereocenters. The fourth-order valence-corrected chi connectivity index (χ4v) is 2.19. The third-order valence-electron chi connectivity index (χ3n) is 2.89. The maximum absolute atomic E-state index is 9.02. The Balaban J connectivity index is 2.50. The molecular formula is C13H15NO. The molecule has 2 rings (SSSR count). The minimum absolute atomic E-state index is 0.630. The van der Waals surface area contributed by atoms with Gasteiger partial charge in [-0.2, -0.15) is 5.26 Å². The first-order chi connectivity index (χ1) is 7.36. The Morgan fingerprint density at radius 3 is 2.87 bits per heavy atom. The van der Waals surface area contributed by atoms with Gasteiger partial charge in [-0.25, -0.2) is 0 Å². The smallest absolute Gasteiger partial charge is 0.140 e. The first kappa shape index (κ1) is 10.0. The SMILES string of the molecule is CCOc1c(C#N)ccc2c1CCCC2. The van der Waals surface area contributed by atoms with Gasteiger partial charge in [-0.05, 0) is 49.8 Å². The van der Waals surface area contributed by atoms with Gasteiger partial charge in [-0.15, -0.1) is 0 Å². The van der Waals surface area contributed by atoms with Gasteiger partial charge >= 0.3 is 0 Å². The number of aryl methyl sites for hydroxylation is 1. The zero-order valence-electron chi connectivity index (χ0n) is 9.05. The zero-order valence-corrected chi connectivity index (χ0v) is 9.05. The molecule has 1 aliphatic rings. The van der Waals surface area contributed by atoms with Crippen molar-refractivity contribution in [2.45, 2.75) is 32.6 Å². The van der Waals surface area contributed by atoms with Crippen LogP contribution < -0.4 is 4.74 Å². The summed E-state index contributed by atoms with van der Waals surface area (Å²) in [6.07, 6.45) is 4.65. The summed E-state index contributed by atoms with van der Waals surface area (Å²) in [5.74, 6) is 0.831. The Labute approximate surface area is 90.5 Å². The number of ether oxygens (including phenoxy) is 1. The van der Waals surface area contributed by atoms with Crippen molar-refractivity contribution in [3.05, 3.63) is 28.8 Å². The average molecular weight is 201 g/mol. The molecular weight excluding hydrogens is 186 g/mol. The van der Waals surface area contributed by atoms with Crippen LogP contribution in [-0.4, -0.2) is 6.61 Å². The van der Waals surface area contributed by atoms with Crippen molar-refractivity contribution in [3.63, 3.8) is 0 Å². The first-order valence-electron chi connectivity index (χ1n) is 5.54. The number of fused-ring (bicyclic) bond motifs is 1. The number of benzene rings is 1. The van der Waals surface area contributed by atoms with Gasteiger partial charge in [0.2, 0.25) is 0 Å². The largest absolute Gasteiger partial charge is 0.492 e. The third-order valence-corrected chi connectivity index (χ3v) is 2.89. The third kappa shape index (κ3) is 1.83. The van der Waals surface area contributed by atoms with Crippen LogP contribution in [0.1, 0.15) is 36.5 Å². The number of nitrogens with zero attached hydrogens (tertiary/aromatic N) is 1. The predicted octanol–water partition coefficient (Wildman–Crippen LogP) is 2.84. The minimum Gasteiger partial charge on any atom is -0.492 e. The summed E-state index contributed by atoms with van der Waals surface area (Å²) in [5, 5.41) is 9.02. The van der Waals surface area contributed by atoms with Gasteiger partial charge in [-0.3, -0.25) is 0 Å². The number of hydrogen-bond acceptors (Lipinski definition) is 2. The van der Waals surface area contributed by atoms with Crippen molar-refractivity contribution in [3.8, 4) is 11.8 Å². The normalized spacial score (nSPS) is 14.1. The molecule has 0 aliphatic heterocycles. The fourth-order valence-electron chi connectivity index (χ4n) is 2.19. The van der Waals surface area contributed by atoms with Crippen LogP contribution in [0.15, 0.2) is 12.1 Å². The van der Waals surface area contributed by atoms with Gasteiger partial charge < -0.3 is 4.74 Å². The van der Waals surface area contributed by atoms with E-state index in [0.29, 0.717) is 12.2 Å². The molecule has 1 aromatic rings. The first-order valence-corrected chi connectivity index (χ1v) is 5.54. The van der Waals surface area contributed by atoms with Crippen molar-refractivity contribution in [1.82, 2.24) is 0 Å². The van der Waals surface area contributed by atoms with Crippen LogP contribution >= 0.6 is 0 Å². The molecule has 0 spiro atoms. The molecule has 0 N–H and O–H groups in total. The lowest BCUT2D eigenvalue weighted by Crippen LogP contribution is -2.07. The number of nitriles is 1. The fraction of sp³-hybridized carbons (Fsp3) is 0.462. The van der Waals surface area contributed by atoms with E-state index < -0.39 is 0 Å². The second-order valence-corrected chi connectivity index (χ2v) is 3.83. The Morgan fingerprint density at radius 2 is 2.13 bits per heavy atom. The van der Waals surface area contributed by atoms with E-state index in [1.165, 1.54) is 24.0 Å². The molecule has 0 bridgehead atoms. The maximum Gasteiger partial charge on any atom is 0.140 e. The molecule has 2 heteroatoms. The van der Waals surface area contributed by atoms with E-state index in [9.17, 15) is 0 Å². The van der Waals surface area contributed by atoms with Crippen LogP contribution in [0.3, 0.4) is 0 Å². The van der Waals surface area contributed by atoms with E-state index in [0.717, 1.165) is 18.6 Å². The summed E-state index contributed by atoms with van der Waals surface area (Å²) in [6, 6.07) is 6.17. The van der Waals surface area contributed by atoms with Crippen LogP contribution in [0.25, 0.3) is 0 Å². The molecule has 15 heavy (non-hydrogen) atoms. The maximum atomic E-state index is 9.02. The Bertz CT molecular complexity index is 404. The zero-order chi connectivity index (χ0) is 10.7. The van der Waals surface area contributed by atoms with Crippen molar-refractivity contribution < 1.29 is 4.74 Å². The molecule has 1 aromatic carbocycles. The van der Waals surface area contributed by atoms with Gasteiger partial charge in [0.05, 0.1) is 12.2 Å². The monoisotopic (exact) mass is 201 g/mol. The van der Waals surface area contributed by atoms with Gasteiger partial charge in [0.1, 0.15) is 11.8 Å². The molecule has 78 valence electrons. The van der Waals surface area contributed by atoms with E-state index in [1.54, 1.807) is 0 Å². The van der Waals surface area contributed by atoms with Crippen LogP contribution in [-0.2, 0) is 12.8 Å². The summed E-state index contributed by atoms with van der Waals surface area (Å²) in [7, 11) is 0. The van der Waals surface area contributed by atoms with E-state index in [4.69, 9.17) is 10.00 Å². The van der Waals surface area contributed by atoms with E-state index in [2.05, 4.69) is 12.1 Å². The molecule has 0 saturated heterocycles. The highest BCUT2D eigenvalue weighted by Crippen LogP contribution is 2.32. The van der Waals surface area contributed by atoms with Crippen LogP contribution in [0, 0.1) is 11.3 Å². The van der Waals surface area contributed by atoms with Crippen molar-refractivity contribution in [2.75, 3.05) is 6.61 Å². The highest BCUT2D eigenvalue weighted by atomic mass is 16.5. The Kier molecular flexibility index (Phi) is 2.91. The van der Waals surface area contributed by atoms with Crippen LogP contribution in [0.5, 0.6) is 5.75 Å². The van der Waals surface area contributed by atoms with Crippen molar-refractivity contribution >= 4 is 0 Å². The molecule has 0 saturated carbocycles. The number of hydrogen-bond donors (Lipinski definition) is 0. The molecule has 0 fully saturated rings. The topological polar surface area (TPSA) is 33.0 Å². The minimum atomic E-state index is 0.630. The quantitative estimate of drug-likeness (QED) is 0.737. The van der Waals surface area contributed by atoms with Crippen LogP contribution in [0.2, 0.25) is 0 Å². The standard InChI is InChI=1S/C13H15NO/c1-2-15-13-11(9-14)8-7-10-5-3-4-6-12(10)13/h7-8H,2-6H2,1H3. The summed E-state index contributed by atoms with van der Waals surface area (Å²) in [5.41, 5.74) is 3.31. The summed E-state index contributed by atoms with van der Waals surface area (Å²) in [6.45, 7) is 2.59. The Morgan fingerprint density at radius 1 is 1.33 bits per heavy atom. The molecule has 0 atom stereocenters. The molecule has 0 heterocycles. The molecule has 0 aromatic heterocycles. The Hall–Kier alpha value is -1.49. The number of rotatable bonds is 2. The van der Waals surface area contributed by atoms with Gasteiger partial charge in [-0.1, -0.05) is 6.07 Å². The highest BCUT2D eigenvalue weighted by molar-refractivity contribution is 5.52. The summed E-state index contributed by atoms with van der Waals surface area (Å²) >= 11 is 0. The second-order valence-electron chi connectivity index (χ2n) is 3.83. The predicted molar refractivity (Wildman–Crippen MR) is 59.0 cm³/mol. The average Bonchev–Trinajstić information content (AvgIpc) is 2.30. The lowest BCUT2D eigenvalue weighted by Gasteiger charge is -2.20. The van der Waals surface area contributed by atoms with Crippen molar-refractivity contribution in [1.29, 1.82) is 5.26 Å². The van der Waals surface area contributed by atoms with Gasteiger partial charge in [0.15, 0.2) is 0 Å². The summed E-state index contributed by atoms with van der Waals surface area (Å²) < 4.78 is 5.60. The molecule has 0 amide bonds. The van der Waals surface area contributed by atoms with E-state index in [1.807, 2.05) is 13.0 Å². The lowest BCUT2D eigenvalue weighted by molar-refractivity contribution is 0.333. The van der Waals surface area contributed by atoms with E-state index in [-0.39, 0.29) is 0 Å². The second kappa shape index (κ2) is 4.35. The molecule has 1 aliphatic carbocycles. The lowest BCUT2D eigenvalue weighted by atomic mass is 9.89. The molecule has 2 nitrogen and oxygen atoms in total. The molecule has 0 radical (unpaired) electrons. The van der Waals surface area contributed by atoms with Crippen molar-refractivity contribution in [2.24, 2.45) is 0 Å². The van der Waals surface area contributed by atoms with Gasteiger partial charge in [0, 0.05) is 0 Å². The van der Waals surface area contributed by atoms with E-state index >= 15 is 0 Å². The van der Waals surface area contributed by atoms with Crippen LogP contribution in [0.4, 0.5) is 0 Å². The highest BCUT2D eigenvalue weighted by Gasteiger charge is 2.17. The summed E-state index contributed by atoms with van der Waals surface area (Å²) in [4.78, 5) is 0.